The van der Waals surface area contributed by atoms with Crippen LogP contribution in [0.4, 0.5) is 4.79 Å². The molecule has 134 valence electrons. The minimum atomic E-state index is -0.522. The van der Waals surface area contributed by atoms with Crippen molar-refractivity contribution in [3.05, 3.63) is 35.9 Å². The first-order chi connectivity index (χ1) is 11.2. The van der Waals surface area contributed by atoms with Crippen LogP contribution in [-0.2, 0) is 20.7 Å². The standard InChI is InChI=1S/C19H29NO4/c1-14(20-18(22)24-19(2,3)4)11-12-16(17(21)23-5)13-15-9-7-6-8-10-15/h6-10,14,16H,11-13H2,1-5H3,(H,20,22)/t14-,16+/m1/s1. The SMILES string of the molecule is COC(=O)[C@@H](CC[C@@H](C)NC(=O)OC(C)(C)C)Cc1ccccc1. The van der Waals surface area contributed by atoms with Crippen LogP contribution in [0.1, 0.15) is 46.1 Å². The molecule has 1 aromatic carbocycles. The van der Waals surface area contributed by atoms with Crippen molar-refractivity contribution in [1.82, 2.24) is 5.32 Å². The van der Waals surface area contributed by atoms with E-state index in [0.717, 1.165) is 5.56 Å². The molecule has 24 heavy (non-hydrogen) atoms. The van der Waals surface area contributed by atoms with Gasteiger partial charge in [-0.3, -0.25) is 4.79 Å². The zero-order valence-corrected chi connectivity index (χ0v) is 15.3. The molecule has 0 heterocycles. The molecule has 1 aromatic rings. The molecule has 0 aliphatic rings. The van der Waals surface area contributed by atoms with Gasteiger partial charge in [0, 0.05) is 6.04 Å². The lowest BCUT2D eigenvalue weighted by Crippen LogP contribution is -2.38. The number of alkyl carbamates (subject to hydrolysis) is 1. The maximum absolute atomic E-state index is 12.0. The predicted octanol–water partition coefficient (Wildman–Crippen LogP) is 3.71. The molecule has 1 N–H and O–H groups in total. The summed E-state index contributed by atoms with van der Waals surface area (Å²) < 4.78 is 10.2. The summed E-state index contributed by atoms with van der Waals surface area (Å²) in [6, 6.07) is 9.77. The first-order valence-electron chi connectivity index (χ1n) is 8.32. The van der Waals surface area contributed by atoms with Crippen molar-refractivity contribution in [2.24, 2.45) is 5.92 Å². The first kappa shape index (κ1) is 20.0. The van der Waals surface area contributed by atoms with Gasteiger partial charge < -0.3 is 14.8 Å². The van der Waals surface area contributed by atoms with Gasteiger partial charge in [0.15, 0.2) is 0 Å². The van der Waals surface area contributed by atoms with Crippen molar-refractivity contribution in [3.63, 3.8) is 0 Å². The van der Waals surface area contributed by atoms with E-state index in [1.807, 2.05) is 58.0 Å². The van der Waals surface area contributed by atoms with Crippen LogP contribution >= 0.6 is 0 Å². The van der Waals surface area contributed by atoms with Crippen molar-refractivity contribution in [1.29, 1.82) is 0 Å². The number of benzene rings is 1. The summed E-state index contributed by atoms with van der Waals surface area (Å²) in [5, 5.41) is 2.80. The molecule has 0 radical (unpaired) electrons. The highest BCUT2D eigenvalue weighted by atomic mass is 16.6. The zero-order chi connectivity index (χ0) is 18.2. The van der Waals surface area contributed by atoms with Crippen molar-refractivity contribution in [2.45, 2.75) is 58.6 Å². The summed E-state index contributed by atoms with van der Waals surface area (Å²) in [6.07, 6.45) is 1.50. The van der Waals surface area contributed by atoms with Crippen LogP contribution in [-0.4, -0.2) is 30.8 Å². The fourth-order valence-corrected chi connectivity index (χ4v) is 2.40. The fraction of sp³-hybridized carbons (Fsp3) is 0.579. The topological polar surface area (TPSA) is 64.6 Å². The highest BCUT2D eigenvalue weighted by Crippen LogP contribution is 2.17. The Morgan fingerprint density at radius 1 is 1.12 bits per heavy atom. The first-order valence-corrected chi connectivity index (χ1v) is 8.32. The van der Waals surface area contributed by atoms with Crippen LogP contribution in [0.2, 0.25) is 0 Å². The van der Waals surface area contributed by atoms with Gasteiger partial charge in [-0.25, -0.2) is 4.79 Å². The van der Waals surface area contributed by atoms with E-state index in [9.17, 15) is 9.59 Å². The number of nitrogens with one attached hydrogen (secondary N) is 1. The molecular formula is C19H29NO4. The quantitative estimate of drug-likeness (QED) is 0.772. The molecular weight excluding hydrogens is 306 g/mol. The largest absolute Gasteiger partial charge is 0.469 e. The van der Waals surface area contributed by atoms with Crippen LogP contribution in [0.3, 0.4) is 0 Å². The molecule has 0 bridgehead atoms. The van der Waals surface area contributed by atoms with Crippen molar-refractivity contribution in [2.75, 3.05) is 7.11 Å². The summed E-state index contributed by atoms with van der Waals surface area (Å²) in [7, 11) is 1.41. The fourth-order valence-electron chi connectivity index (χ4n) is 2.40. The van der Waals surface area contributed by atoms with Crippen molar-refractivity contribution < 1.29 is 19.1 Å². The number of amides is 1. The van der Waals surface area contributed by atoms with Crippen LogP contribution in [0.15, 0.2) is 30.3 Å². The third-order valence-corrected chi connectivity index (χ3v) is 3.57. The summed E-state index contributed by atoms with van der Waals surface area (Å²) in [4.78, 5) is 23.8. The van der Waals surface area contributed by atoms with Gasteiger partial charge >= 0.3 is 12.1 Å². The molecule has 1 rings (SSSR count). The van der Waals surface area contributed by atoms with Gasteiger partial charge in [0.2, 0.25) is 0 Å². The Morgan fingerprint density at radius 2 is 1.75 bits per heavy atom. The van der Waals surface area contributed by atoms with E-state index in [-0.39, 0.29) is 17.9 Å². The van der Waals surface area contributed by atoms with Crippen LogP contribution < -0.4 is 5.32 Å². The average Bonchev–Trinajstić information content (AvgIpc) is 2.49. The Bertz CT molecular complexity index is 522. The Morgan fingerprint density at radius 3 is 2.29 bits per heavy atom. The van der Waals surface area contributed by atoms with E-state index in [2.05, 4.69) is 5.32 Å². The summed E-state index contributed by atoms with van der Waals surface area (Å²) >= 11 is 0. The van der Waals surface area contributed by atoms with E-state index >= 15 is 0 Å². The molecule has 0 aliphatic heterocycles. The summed E-state index contributed by atoms with van der Waals surface area (Å²) in [5.74, 6) is -0.441. The number of carbonyl (C=O) groups excluding carboxylic acids is 2. The number of ether oxygens (including phenoxy) is 2. The summed E-state index contributed by atoms with van der Waals surface area (Å²) in [5.41, 5.74) is 0.576. The lowest BCUT2D eigenvalue weighted by Gasteiger charge is -2.22. The van der Waals surface area contributed by atoms with Crippen molar-refractivity contribution in [3.8, 4) is 0 Å². The number of hydrogen-bond acceptors (Lipinski definition) is 4. The highest BCUT2D eigenvalue weighted by molar-refractivity contribution is 5.72. The molecule has 0 spiro atoms. The monoisotopic (exact) mass is 335 g/mol. The van der Waals surface area contributed by atoms with Crippen LogP contribution in [0, 0.1) is 5.92 Å². The third kappa shape index (κ3) is 7.99. The molecule has 1 amide bonds. The molecule has 0 aromatic heterocycles. The van der Waals surface area contributed by atoms with Crippen LogP contribution in [0.5, 0.6) is 0 Å². The normalized spacial score (nSPS) is 13.7. The molecule has 0 saturated carbocycles. The molecule has 0 unspecified atom stereocenters. The van der Waals surface area contributed by atoms with E-state index in [0.29, 0.717) is 19.3 Å². The van der Waals surface area contributed by atoms with Crippen molar-refractivity contribution >= 4 is 12.1 Å². The molecule has 0 fully saturated rings. The molecule has 5 nitrogen and oxygen atoms in total. The minimum Gasteiger partial charge on any atom is -0.469 e. The average molecular weight is 335 g/mol. The Hall–Kier alpha value is -2.04. The smallest absolute Gasteiger partial charge is 0.407 e. The molecule has 0 saturated heterocycles. The number of rotatable bonds is 7. The predicted molar refractivity (Wildman–Crippen MR) is 93.7 cm³/mol. The molecule has 5 heteroatoms. The van der Waals surface area contributed by atoms with Gasteiger partial charge in [0.05, 0.1) is 13.0 Å². The van der Waals surface area contributed by atoms with Gasteiger partial charge in [-0.05, 0) is 52.5 Å². The Kier molecular flexibility index (Phi) is 7.75. The molecule has 2 atom stereocenters. The van der Waals surface area contributed by atoms with E-state index < -0.39 is 11.7 Å². The van der Waals surface area contributed by atoms with Gasteiger partial charge in [-0.15, -0.1) is 0 Å². The van der Waals surface area contributed by atoms with Crippen LogP contribution in [0.25, 0.3) is 0 Å². The van der Waals surface area contributed by atoms with Gasteiger partial charge in [-0.1, -0.05) is 30.3 Å². The zero-order valence-electron chi connectivity index (χ0n) is 15.3. The lowest BCUT2D eigenvalue weighted by molar-refractivity contribution is -0.145. The lowest BCUT2D eigenvalue weighted by atomic mass is 9.93. The second-order valence-electron chi connectivity index (χ2n) is 7.03. The second kappa shape index (κ2) is 9.30. The molecule has 0 aliphatic carbocycles. The number of carbonyl (C=O) groups is 2. The second-order valence-corrected chi connectivity index (χ2v) is 7.03. The summed E-state index contributed by atoms with van der Waals surface area (Å²) in [6.45, 7) is 7.37. The maximum atomic E-state index is 12.0. The van der Waals surface area contributed by atoms with Gasteiger partial charge in [-0.2, -0.15) is 0 Å². The highest BCUT2D eigenvalue weighted by Gasteiger charge is 2.22. The Balaban J connectivity index is 2.52. The number of hydrogen-bond donors (Lipinski definition) is 1. The van der Waals surface area contributed by atoms with E-state index in [1.165, 1.54) is 7.11 Å². The number of methoxy groups -OCH3 is 1. The minimum absolute atomic E-state index is 0.0808. The number of esters is 1. The van der Waals surface area contributed by atoms with E-state index in [1.54, 1.807) is 0 Å². The van der Waals surface area contributed by atoms with E-state index in [4.69, 9.17) is 9.47 Å². The maximum Gasteiger partial charge on any atom is 0.407 e. The van der Waals surface area contributed by atoms with Gasteiger partial charge in [0.1, 0.15) is 5.60 Å². The van der Waals surface area contributed by atoms with Gasteiger partial charge in [0.25, 0.3) is 0 Å². The third-order valence-electron chi connectivity index (χ3n) is 3.57. The Labute approximate surface area is 144 Å².